The van der Waals surface area contributed by atoms with Gasteiger partial charge in [0.25, 0.3) is 0 Å². The van der Waals surface area contributed by atoms with Crippen LogP contribution < -0.4 is 5.32 Å². The van der Waals surface area contributed by atoms with Gasteiger partial charge in [0.2, 0.25) is 0 Å². The Hall–Kier alpha value is -1.19. The molecule has 14 heavy (non-hydrogen) atoms. The van der Waals surface area contributed by atoms with Gasteiger partial charge in [0, 0.05) is 0 Å². The number of ether oxygens (including phenoxy) is 2. The van der Waals surface area contributed by atoms with Gasteiger partial charge in [-0.3, -0.25) is 5.32 Å². The van der Waals surface area contributed by atoms with E-state index in [9.17, 15) is 4.79 Å². The molecule has 4 heteroatoms. The molecular formula is C10H19NO3. The average molecular weight is 201 g/mol. The molecule has 0 rings (SSSR count). The third-order valence-corrected chi connectivity index (χ3v) is 1.14. The Morgan fingerprint density at radius 1 is 1.43 bits per heavy atom. The quantitative estimate of drug-likeness (QED) is 0.563. The highest BCUT2D eigenvalue weighted by molar-refractivity contribution is 5.67. The molecule has 1 N–H and O–H groups in total. The average Bonchev–Trinajstić information content (AvgIpc) is 1.96. The van der Waals surface area contributed by atoms with Gasteiger partial charge in [-0.15, -0.1) is 0 Å². The van der Waals surface area contributed by atoms with E-state index in [2.05, 4.69) is 5.32 Å². The van der Waals surface area contributed by atoms with Crippen molar-refractivity contribution >= 4 is 6.09 Å². The first-order chi connectivity index (χ1) is 6.35. The van der Waals surface area contributed by atoms with Crippen LogP contribution in [0.25, 0.3) is 0 Å². The van der Waals surface area contributed by atoms with Crippen LogP contribution in [0.2, 0.25) is 0 Å². The third-order valence-electron chi connectivity index (χ3n) is 1.14. The highest BCUT2D eigenvalue weighted by Crippen LogP contribution is 2.06. The van der Waals surface area contributed by atoms with Crippen LogP contribution >= 0.6 is 0 Å². The largest absolute Gasteiger partial charge is 0.479 e. The number of nitrogens with one attached hydrogen (secondary N) is 1. The Morgan fingerprint density at radius 3 is 2.43 bits per heavy atom. The maximum atomic E-state index is 11.2. The molecule has 0 aromatic rings. The highest BCUT2D eigenvalue weighted by Gasteiger charge is 2.17. The Balaban J connectivity index is 3.83. The van der Waals surface area contributed by atoms with E-state index < -0.39 is 11.7 Å². The number of allylic oxidation sites excluding steroid dienone is 1. The fourth-order valence-corrected chi connectivity index (χ4v) is 0.704. The standard InChI is InChI=1S/C10H19NO3/c1-6-7-13-8(2)11-9(12)14-10(3,4)5/h6-8H,1-5H3,(H,11,12)/b7-6+/t8-/m1/s1. The van der Waals surface area contributed by atoms with Crippen LogP contribution in [0.5, 0.6) is 0 Å². The zero-order chi connectivity index (χ0) is 11.2. The monoisotopic (exact) mass is 201 g/mol. The number of carbonyl (C=O) groups is 1. The molecule has 0 aliphatic rings. The summed E-state index contributed by atoms with van der Waals surface area (Å²) in [6.07, 6.45) is 2.39. The van der Waals surface area contributed by atoms with Crippen molar-refractivity contribution in [2.24, 2.45) is 0 Å². The zero-order valence-electron chi connectivity index (χ0n) is 9.46. The van der Waals surface area contributed by atoms with Gasteiger partial charge >= 0.3 is 6.09 Å². The Morgan fingerprint density at radius 2 is 2.00 bits per heavy atom. The molecule has 0 radical (unpaired) electrons. The number of hydrogen-bond donors (Lipinski definition) is 1. The summed E-state index contributed by atoms with van der Waals surface area (Å²) in [6.45, 7) is 8.99. The Bertz CT molecular complexity index is 206. The molecule has 0 spiro atoms. The fraction of sp³-hybridized carbons (Fsp3) is 0.700. The number of rotatable bonds is 3. The van der Waals surface area contributed by atoms with Gasteiger partial charge in [-0.25, -0.2) is 4.79 Å². The summed E-state index contributed by atoms with van der Waals surface area (Å²) in [5.41, 5.74) is -0.482. The van der Waals surface area contributed by atoms with Gasteiger partial charge in [0.05, 0.1) is 6.26 Å². The summed E-state index contributed by atoms with van der Waals surface area (Å²) >= 11 is 0. The molecular weight excluding hydrogens is 182 g/mol. The normalized spacial score (nSPS) is 13.8. The van der Waals surface area contributed by atoms with Gasteiger partial charge in [-0.2, -0.15) is 0 Å². The molecule has 0 unspecified atom stereocenters. The lowest BCUT2D eigenvalue weighted by molar-refractivity contribution is 0.0357. The van der Waals surface area contributed by atoms with Crippen molar-refractivity contribution in [2.75, 3.05) is 0 Å². The van der Waals surface area contributed by atoms with Crippen LogP contribution in [0.1, 0.15) is 34.6 Å². The van der Waals surface area contributed by atoms with Crippen LogP contribution in [-0.2, 0) is 9.47 Å². The summed E-state index contributed by atoms with van der Waals surface area (Å²) in [5.74, 6) is 0. The number of amides is 1. The predicted octanol–water partition coefficient (Wildman–Crippen LogP) is 2.41. The van der Waals surface area contributed by atoms with E-state index in [-0.39, 0.29) is 6.23 Å². The van der Waals surface area contributed by atoms with Gasteiger partial charge in [0.1, 0.15) is 5.60 Å². The maximum Gasteiger partial charge on any atom is 0.410 e. The maximum absolute atomic E-state index is 11.2. The molecule has 0 saturated heterocycles. The van der Waals surface area contributed by atoms with Crippen LogP contribution in [0.3, 0.4) is 0 Å². The van der Waals surface area contributed by atoms with E-state index >= 15 is 0 Å². The van der Waals surface area contributed by atoms with Gasteiger partial charge < -0.3 is 9.47 Å². The van der Waals surface area contributed by atoms with E-state index in [0.717, 1.165) is 0 Å². The molecule has 0 aliphatic heterocycles. The Kier molecular flexibility index (Phi) is 5.05. The number of hydrogen-bond acceptors (Lipinski definition) is 3. The van der Waals surface area contributed by atoms with Crippen molar-refractivity contribution in [3.8, 4) is 0 Å². The smallest absolute Gasteiger partial charge is 0.410 e. The van der Waals surface area contributed by atoms with Crippen molar-refractivity contribution in [2.45, 2.75) is 46.4 Å². The van der Waals surface area contributed by atoms with Gasteiger partial charge in [-0.1, -0.05) is 6.08 Å². The van der Waals surface area contributed by atoms with Gasteiger partial charge in [-0.05, 0) is 34.6 Å². The number of alkyl carbamates (subject to hydrolysis) is 1. The molecule has 82 valence electrons. The molecule has 0 heterocycles. The number of carbonyl (C=O) groups excluding carboxylic acids is 1. The lowest BCUT2D eigenvalue weighted by atomic mass is 10.2. The molecule has 0 bridgehead atoms. The van der Waals surface area contributed by atoms with E-state index in [4.69, 9.17) is 9.47 Å². The Labute approximate surface area is 85.3 Å². The first-order valence-corrected chi connectivity index (χ1v) is 4.61. The predicted molar refractivity (Wildman–Crippen MR) is 54.7 cm³/mol. The summed E-state index contributed by atoms with van der Waals surface area (Å²) < 4.78 is 10.1. The molecule has 4 nitrogen and oxygen atoms in total. The molecule has 0 aromatic carbocycles. The minimum absolute atomic E-state index is 0.388. The van der Waals surface area contributed by atoms with Gasteiger partial charge in [0.15, 0.2) is 6.23 Å². The zero-order valence-corrected chi connectivity index (χ0v) is 9.46. The first-order valence-electron chi connectivity index (χ1n) is 4.61. The second-order valence-electron chi connectivity index (χ2n) is 3.89. The van der Waals surface area contributed by atoms with E-state index in [0.29, 0.717) is 0 Å². The molecule has 1 amide bonds. The van der Waals surface area contributed by atoms with Crippen molar-refractivity contribution in [1.29, 1.82) is 0 Å². The van der Waals surface area contributed by atoms with Crippen molar-refractivity contribution in [3.63, 3.8) is 0 Å². The van der Waals surface area contributed by atoms with E-state index in [1.165, 1.54) is 6.26 Å². The van der Waals surface area contributed by atoms with Crippen LogP contribution in [0, 0.1) is 0 Å². The first kappa shape index (κ1) is 12.8. The van der Waals surface area contributed by atoms with Crippen molar-refractivity contribution in [1.82, 2.24) is 5.32 Å². The molecule has 0 aliphatic carbocycles. The van der Waals surface area contributed by atoms with E-state index in [1.54, 1.807) is 13.0 Å². The van der Waals surface area contributed by atoms with Crippen LogP contribution in [0.4, 0.5) is 4.79 Å². The van der Waals surface area contributed by atoms with Crippen molar-refractivity contribution < 1.29 is 14.3 Å². The second-order valence-corrected chi connectivity index (χ2v) is 3.89. The van der Waals surface area contributed by atoms with Crippen LogP contribution in [-0.4, -0.2) is 17.9 Å². The minimum Gasteiger partial charge on any atom is -0.479 e. The molecule has 0 aromatic heterocycles. The van der Waals surface area contributed by atoms with Crippen LogP contribution in [0.15, 0.2) is 12.3 Å². The van der Waals surface area contributed by atoms with Crippen molar-refractivity contribution in [3.05, 3.63) is 12.3 Å². The summed E-state index contributed by atoms with van der Waals surface area (Å²) in [6, 6.07) is 0. The SMILES string of the molecule is C/C=C/O[C@H](C)NC(=O)OC(C)(C)C. The van der Waals surface area contributed by atoms with E-state index in [1.807, 2.05) is 27.7 Å². The molecule has 0 fully saturated rings. The minimum atomic E-state index is -0.482. The fourth-order valence-electron chi connectivity index (χ4n) is 0.704. The lowest BCUT2D eigenvalue weighted by Crippen LogP contribution is -2.38. The summed E-state index contributed by atoms with van der Waals surface area (Å²) in [4.78, 5) is 11.2. The summed E-state index contributed by atoms with van der Waals surface area (Å²) in [5, 5.41) is 2.54. The third kappa shape index (κ3) is 7.46. The molecule has 0 saturated carbocycles. The highest BCUT2D eigenvalue weighted by atomic mass is 16.6. The summed E-state index contributed by atoms with van der Waals surface area (Å²) in [7, 11) is 0. The second kappa shape index (κ2) is 5.52. The topological polar surface area (TPSA) is 47.6 Å². The molecule has 1 atom stereocenters. The lowest BCUT2D eigenvalue weighted by Gasteiger charge is -2.21.